The fourth-order valence-electron chi connectivity index (χ4n) is 3.09. The van der Waals surface area contributed by atoms with E-state index in [-0.39, 0.29) is 5.97 Å². The van der Waals surface area contributed by atoms with E-state index in [9.17, 15) is 4.79 Å². The summed E-state index contributed by atoms with van der Waals surface area (Å²) in [5.74, 6) is -0.342. The highest BCUT2D eigenvalue weighted by molar-refractivity contribution is 5.90. The molecule has 1 aliphatic carbocycles. The minimum absolute atomic E-state index is 0.342. The second kappa shape index (κ2) is 7.27. The highest BCUT2D eigenvalue weighted by atomic mass is 16.5. The number of carbonyl (C=O) groups excluding carboxylic acids is 1. The molecular formula is C19H22N2O2. The van der Waals surface area contributed by atoms with Crippen LogP contribution in [-0.2, 0) is 4.74 Å². The van der Waals surface area contributed by atoms with Crippen LogP contribution in [0.25, 0.3) is 0 Å². The molecule has 1 aromatic heterocycles. The van der Waals surface area contributed by atoms with Crippen molar-refractivity contribution < 1.29 is 9.53 Å². The fourth-order valence-corrected chi connectivity index (χ4v) is 3.09. The lowest BCUT2D eigenvalue weighted by Gasteiger charge is -2.23. The predicted octanol–water partition coefficient (Wildman–Crippen LogP) is 4.53. The van der Waals surface area contributed by atoms with E-state index in [0.29, 0.717) is 11.6 Å². The van der Waals surface area contributed by atoms with Gasteiger partial charge in [-0.25, -0.2) is 4.79 Å². The maximum absolute atomic E-state index is 11.5. The molecule has 1 aromatic carbocycles. The molecule has 1 saturated carbocycles. The molecule has 0 spiro atoms. The molecule has 4 nitrogen and oxygen atoms in total. The second-order valence-electron chi connectivity index (χ2n) is 5.98. The third kappa shape index (κ3) is 3.89. The minimum Gasteiger partial charge on any atom is -0.465 e. The average molecular weight is 310 g/mol. The van der Waals surface area contributed by atoms with Crippen LogP contribution in [0.15, 0.2) is 47.7 Å². The number of methoxy groups -OCH3 is 1. The summed E-state index contributed by atoms with van der Waals surface area (Å²) in [6.07, 6.45) is 12.7. The Kier molecular flexibility index (Phi) is 4.91. The van der Waals surface area contributed by atoms with Gasteiger partial charge in [0.1, 0.15) is 0 Å². The minimum atomic E-state index is -0.342. The average Bonchev–Trinajstić information content (AvgIpc) is 3.09. The number of hydrogen-bond donors (Lipinski definition) is 0. The van der Waals surface area contributed by atoms with Crippen LogP contribution in [0.5, 0.6) is 0 Å². The zero-order valence-corrected chi connectivity index (χ0v) is 13.4. The molecule has 1 aliphatic rings. The molecule has 0 aliphatic heterocycles. The molecule has 120 valence electrons. The first-order valence-corrected chi connectivity index (χ1v) is 8.16. The summed E-state index contributed by atoms with van der Waals surface area (Å²) < 4.78 is 7.04. The summed E-state index contributed by atoms with van der Waals surface area (Å²) in [5, 5.41) is 0. The van der Waals surface area contributed by atoms with E-state index in [2.05, 4.69) is 28.0 Å². The van der Waals surface area contributed by atoms with Crippen LogP contribution in [0.3, 0.4) is 0 Å². The summed E-state index contributed by atoms with van der Waals surface area (Å²) in [6, 6.07) is 9.87. The topological polar surface area (TPSA) is 43.6 Å². The molecule has 0 unspecified atom stereocenters. The third-order valence-electron chi connectivity index (χ3n) is 4.36. The summed E-state index contributed by atoms with van der Waals surface area (Å²) in [5.41, 5.74) is 2.35. The van der Waals surface area contributed by atoms with Gasteiger partial charge in [0, 0.05) is 30.2 Å². The maximum Gasteiger partial charge on any atom is 0.337 e. The number of hydrogen-bond acceptors (Lipinski definition) is 3. The Morgan fingerprint density at radius 2 is 2.09 bits per heavy atom. The first-order valence-electron chi connectivity index (χ1n) is 8.16. The quantitative estimate of drug-likeness (QED) is 0.615. The zero-order chi connectivity index (χ0) is 16.1. The molecule has 0 saturated heterocycles. The van der Waals surface area contributed by atoms with Gasteiger partial charge in [0.05, 0.1) is 18.4 Å². The first-order chi connectivity index (χ1) is 11.3. The van der Waals surface area contributed by atoms with Crippen molar-refractivity contribution >= 4 is 17.9 Å². The van der Waals surface area contributed by atoms with Crippen LogP contribution in [0, 0.1) is 0 Å². The van der Waals surface area contributed by atoms with Crippen molar-refractivity contribution in [3.63, 3.8) is 0 Å². The lowest BCUT2D eigenvalue weighted by Crippen LogP contribution is -2.10. The smallest absolute Gasteiger partial charge is 0.337 e. The molecule has 0 N–H and O–H groups in total. The van der Waals surface area contributed by atoms with E-state index in [1.807, 2.05) is 18.3 Å². The van der Waals surface area contributed by atoms with E-state index in [0.717, 1.165) is 11.3 Å². The molecule has 23 heavy (non-hydrogen) atoms. The van der Waals surface area contributed by atoms with Crippen molar-refractivity contribution in [2.24, 2.45) is 4.99 Å². The van der Waals surface area contributed by atoms with Crippen molar-refractivity contribution in [3.8, 4) is 0 Å². The maximum atomic E-state index is 11.5. The van der Waals surface area contributed by atoms with Gasteiger partial charge < -0.3 is 9.30 Å². The van der Waals surface area contributed by atoms with Crippen molar-refractivity contribution in [1.29, 1.82) is 0 Å². The fraction of sp³-hybridized carbons (Fsp3) is 0.368. The van der Waals surface area contributed by atoms with Gasteiger partial charge in [0.25, 0.3) is 0 Å². The molecule has 1 heterocycles. The molecular weight excluding hydrogens is 288 g/mol. The number of ether oxygens (including phenoxy) is 1. The van der Waals surface area contributed by atoms with Gasteiger partial charge in [-0.2, -0.15) is 0 Å². The summed E-state index contributed by atoms with van der Waals surface area (Å²) in [7, 11) is 1.38. The van der Waals surface area contributed by atoms with Crippen LogP contribution in [0.4, 0.5) is 5.69 Å². The van der Waals surface area contributed by atoms with Crippen LogP contribution in [0.1, 0.15) is 54.1 Å². The number of nitrogens with zero attached hydrogens (tertiary/aromatic N) is 2. The standard InChI is InChI=1S/C19H22N2O2/c1-23-19(22)16-6-5-7-17(12-16)20-13-15-10-11-21(14-15)18-8-3-2-4-9-18/h5-7,10-14,18H,2-4,8-9H2,1H3. The molecule has 0 radical (unpaired) electrons. The van der Waals surface area contributed by atoms with Gasteiger partial charge >= 0.3 is 5.97 Å². The summed E-state index contributed by atoms with van der Waals surface area (Å²) >= 11 is 0. The van der Waals surface area contributed by atoms with E-state index in [4.69, 9.17) is 4.74 Å². The lowest BCUT2D eigenvalue weighted by atomic mass is 9.95. The van der Waals surface area contributed by atoms with Gasteiger partial charge in [0.15, 0.2) is 0 Å². The number of aliphatic imine (C=N–C) groups is 1. The first kappa shape index (κ1) is 15.5. The Balaban J connectivity index is 1.70. The van der Waals surface area contributed by atoms with Gasteiger partial charge in [-0.05, 0) is 37.1 Å². The highest BCUT2D eigenvalue weighted by Gasteiger charge is 2.14. The van der Waals surface area contributed by atoms with Crippen molar-refractivity contribution in [3.05, 3.63) is 53.9 Å². The van der Waals surface area contributed by atoms with Crippen molar-refractivity contribution in [1.82, 2.24) is 4.57 Å². The second-order valence-corrected chi connectivity index (χ2v) is 5.98. The summed E-state index contributed by atoms with van der Waals surface area (Å²) in [4.78, 5) is 16.0. The van der Waals surface area contributed by atoms with Crippen LogP contribution >= 0.6 is 0 Å². The predicted molar refractivity (Wildman–Crippen MR) is 91.6 cm³/mol. The number of benzene rings is 1. The van der Waals surface area contributed by atoms with Gasteiger partial charge in [0.2, 0.25) is 0 Å². The van der Waals surface area contributed by atoms with E-state index in [1.54, 1.807) is 12.1 Å². The van der Waals surface area contributed by atoms with Crippen LogP contribution in [0.2, 0.25) is 0 Å². The van der Waals surface area contributed by atoms with Gasteiger partial charge in [-0.1, -0.05) is 25.3 Å². The summed E-state index contributed by atoms with van der Waals surface area (Å²) in [6.45, 7) is 0. The molecule has 3 rings (SSSR count). The molecule has 0 bridgehead atoms. The molecule has 2 aromatic rings. The number of rotatable bonds is 4. The number of carbonyl (C=O) groups is 1. The normalized spacial score (nSPS) is 15.9. The van der Waals surface area contributed by atoms with Crippen LogP contribution < -0.4 is 0 Å². The Labute approximate surface area is 136 Å². The van der Waals surface area contributed by atoms with Gasteiger partial charge in [-0.15, -0.1) is 0 Å². The van der Waals surface area contributed by atoms with E-state index >= 15 is 0 Å². The molecule has 0 atom stereocenters. The number of aromatic nitrogens is 1. The molecule has 1 fully saturated rings. The van der Waals surface area contributed by atoms with E-state index < -0.39 is 0 Å². The van der Waals surface area contributed by atoms with Crippen molar-refractivity contribution in [2.75, 3.05) is 7.11 Å². The Hall–Kier alpha value is -2.36. The Morgan fingerprint density at radius 3 is 2.87 bits per heavy atom. The Bertz CT molecular complexity index is 697. The van der Waals surface area contributed by atoms with Crippen LogP contribution in [-0.4, -0.2) is 23.9 Å². The lowest BCUT2D eigenvalue weighted by molar-refractivity contribution is 0.0601. The SMILES string of the molecule is COC(=O)c1cccc(N=Cc2ccn(C3CCCCC3)c2)c1. The zero-order valence-electron chi connectivity index (χ0n) is 13.4. The van der Waals surface area contributed by atoms with Crippen molar-refractivity contribution in [2.45, 2.75) is 38.1 Å². The molecule has 4 heteroatoms. The number of esters is 1. The monoisotopic (exact) mass is 310 g/mol. The third-order valence-corrected chi connectivity index (χ3v) is 4.36. The largest absolute Gasteiger partial charge is 0.465 e. The van der Waals surface area contributed by atoms with E-state index in [1.165, 1.54) is 39.2 Å². The highest BCUT2D eigenvalue weighted by Crippen LogP contribution is 2.28. The Morgan fingerprint density at radius 1 is 1.26 bits per heavy atom. The van der Waals surface area contributed by atoms with Gasteiger partial charge in [-0.3, -0.25) is 4.99 Å². The molecule has 0 amide bonds.